The number of benzene rings is 1. The van der Waals surface area contributed by atoms with Crippen molar-refractivity contribution in [3.05, 3.63) is 29.8 Å². The number of nitrogens with zero attached hydrogens (tertiary/aromatic N) is 1. The highest BCUT2D eigenvalue weighted by atomic mass is 16.5. The van der Waals surface area contributed by atoms with Gasteiger partial charge in [-0.2, -0.15) is 0 Å². The van der Waals surface area contributed by atoms with Crippen LogP contribution in [0.5, 0.6) is 5.75 Å². The number of methoxy groups -OCH3 is 1. The molecule has 1 aromatic carbocycles. The molecule has 5 nitrogen and oxygen atoms in total. The molecule has 0 fully saturated rings. The molecule has 0 saturated carbocycles. The number of fused-ring (bicyclic) bond motifs is 1. The van der Waals surface area contributed by atoms with Crippen molar-refractivity contribution in [2.75, 3.05) is 26.9 Å². The summed E-state index contributed by atoms with van der Waals surface area (Å²) in [6, 6.07) is 8.01. The van der Waals surface area contributed by atoms with Gasteiger partial charge in [-0.15, -0.1) is 0 Å². The van der Waals surface area contributed by atoms with E-state index in [4.69, 9.17) is 15.2 Å². The summed E-state index contributed by atoms with van der Waals surface area (Å²) in [5.74, 6) is 1.34. The summed E-state index contributed by atoms with van der Waals surface area (Å²) in [6.07, 6.45) is 0. The molecule has 17 heavy (non-hydrogen) atoms. The number of hydrogen-bond donors (Lipinski definition) is 2. The normalized spacial score (nSPS) is 18.6. The number of nitrogens with two attached hydrogens (primary N) is 1. The first-order valence-electron chi connectivity index (χ1n) is 5.58. The smallest absolute Gasteiger partial charge is 0.189 e. The number of ether oxygens (including phenoxy) is 2. The number of hydrogen-bond acceptors (Lipinski definition) is 3. The van der Waals surface area contributed by atoms with Crippen molar-refractivity contribution >= 4 is 5.96 Å². The highest BCUT2D eigenvalue weighted by Crippen LogP contribution is 2.31. The van der Waals surface area contributed by atoms with Gasteiger partial charge in [-0.1, -0.05) is 18.2 Å². The van der Waals surface area contributed by atoms with E-state index in [-0.39, 0.29) is 6.04 Å². The Hall–Kier alpha value is -1.75. The number of guanidine groups is 1. The van der Waals surface area contributed by atoms with E-state index in [9.17, 15) is 0 Å². The van der Waals surface area contributed by atoms with Gasteiger partial charge in [0.05, 0.1) is 19.2 Å². The summed E-state index contributed by atoms with van der Waals surface area (Å²) in [5.41, 5.74) is 6.90. The fraction of sp³-hybridized carbons (Fsp3) is 0.417. The van der Waals surface area contributed by atoms with Crippen LogP contribution in [0.2, 0.25) is 0 Å². The van der Waals surface area contributed by atoms with E-state index in [0.717, 1.165) is 11.3 Å². The summed E-state index contributed by atoms with van der Waals surface area (Å²) in [7, 11) is 1.64. The van der Waals surface area contributed by atoms with Crippen LogP contribution < -0.4 is 15.8 Å². The summed E-state index contributed by atoms with van der Waals surface area (Å²) < 4.78 is 10.4. The predicted octanol–water partition coefficient (Wildman–Crippen LogP) is 0.671. The fourth-order valence-corrected chi connectivity index (χ4v) is 1.76. The Morgan fingerprint density at radius 2 is 2.41 bits per heavy atom. The van der Waals surface area contributed by atoms with E-state index in [0.29, 0.717) is 25.7 Å². The molecule has 0 aliphatic carbocycles. The van der Waals surface area contributed by atoms with Crippen molar-refractivity contribution in [3.63, 3.8) is 0 Å². The van der Waals surface area contributed by atoms with Crippen LogP contribution >= 0.6 is 0 Å². The van der Waals surface area contributed by atoms with E-state index in [1.54, 1.807) is 7.11 Å². The average molecular weight is 235 g/mol. The first-order valence-corrected chi connectivity index (χ1v) is 5.58. The third-order valence-electron chi connectivity index (χ3n) is 2.60. The first kappa shape index (κ1) is 11.7. The summed E-state index contributed by atoms with van der Waals surface area (Å²) >= 11 is 0. The Morgan fingerprint density at radius 3 is 3.24 bits per heavy atom. The molecule has 1 aliphatic heterocycles. The maximum absolute atomic E-state index is 5.78. The maximum atomic E-state index is 5.78. The van der Waals surface area contributed by atoms with Crippen molar-refractivity contribution in [2.45, 2.75) is 6.04 Å². The Balaban J connectivity index is 1.95. The van der Waals surface area contributed by atoms with E-state index in [1.165, 1.54) is 0 Å². The lowest BCUT2D eigenvalue weighted by Crippen LogP contribution is -2.36. The number of rotatable bonds is 4. The molecule has 0 radical (unpaired) electrons. The van der Waals surface area contributed by atoms with Crippen molar-refractivity contribution in [1.29, 1.82) is 0 Å². The van der Waals surface area contributed by atoms with Crippen LogP contribution in [0.25, 0.3) is 0 Å². The highest BCUT2D eigenvalue weighted by Gasteiger charge is 2.23. The van der Waals surface area contributed by atoms with Crippen molar-refractivity contribution < 1.29 is 9.47 Å². The molecule has 3 N–H and O–H groups in total. The molecule has 0 saturated heterocycles. The molecule has 1 aromatic rings. The Labute approximate surface area is 101 Å². The molecule has 5 heteroatoms. The summed E-state index contributed by atoms with van der Waals surface area (Å²) in [5, 5.41) is 3.14. The number of nitrogens with one attached hydrogen (secondary N) is 1. The van der Waals surface area contributed by atoms with Gasteiger partial charge < -0.3 is 20.5 Å². The Bertz CT molecular complexity index is 406. The first-order chi connectivity index (χ1) is 8.31. The summed E-state index contributed by atoms with van der Waals surface area (Å²) in [6.45, 7) is 1.71. The van der Waals surface area contributed by atoms with Gasteiger partial charge >= 0.3 is 0 Å². The molecule has 1 heterocycles. The number of para-hydroxylation sites is 1. The Morgan fingerprint density at radius 1 is 1.59 bits per heavy atom. The monoisotopic (exact) mass is 235 g/mol. The Kier molecular flexibility index (Phi) is 3.82. The molecule has 0 amide bonds. The van der Waals surface area contributed by atoms with Gasteiger partial charge in [-0.05, 0) is 6.07 Å². The second kappa shape index (κ2) is 5.54. The minimum Gasteiger partial charge on any atom is -0.491 e. The highest BCUT2D eigenvalue weighted by molar-refractivity contribution is 5.78. The molecular formula is C12H17N3O2. The molecule has 0 spiro atoms. The minimum absolute atomic E-state index is 0.0810. The van der Waals surface area contributed by atoms with Gasteiger partial charge in [-0.3, -0.25) is 4.99 Å². The fourth-order valence-electron chi connectivity index (χ4n) is 1.76. The van der Waals surface area contributed by atoms with Crippen LogP contribution in [0.4, 0.5) is 0 Å². The molecular weight excluding hydrogens is 218 g/mol. The lowest BCUT2D eigenvalue weighted by atomic mass is 10.1. The van der Waals surface area contributed by atoms with Crippen LogP contribution in [0.15, 0.2) is 29.3 Å². The second-order valence-corrected chi connectivity index (χ2v) is 3.81. The molecule has 92 valence electrons. The van der Waals surface area contributed by atoms with E-state index >= 15 is 0 Å². The quantitative estimate of drug-likeness (QED) is 0.457. The van der Waals surface area contributed by atoms with Crippen molar-refractivity contribution in [3.8, 4) is 5.75 Å². The third kappa shape index (κ3) is 2.88. The van der Waals surface area contributed by atoms with Crippen molar-refractivity contribution in [2.24, 2.45) is 10.7 Å². The molecule has 1 aliphatic rings. The third-order valence-corrected chi connectivity index (χ3v) is 2.60. The van der Waals surface area contributed by atoms with Crippen molar-refractivity contribution in [1.82, 2.24) is 5.32 Å². The standard InChI is InChI=1S/C12H17N3O2/c1-16-7-6-14-12(13)15-10-8-17-11-5-3-2-4-9(10)11/h2-5,10H,6-8H2,1H3,(H3,13,14,15). The SMILES string of the molecule is COCCN=C(N)NC1COc2ccccc21. The number of aliphatic imine (C=N–C) groups is 1. The van der Waals surface area contributed by atoms with Gasteiger partial charge in [0.15, 0.2) is 5.96 Å². The lowest BCUT2D eigenvalue weighted by molar-refractivity contribution is 0.208. The summed E-state index contributed by atoms with van der Waals surface area (Å²) in [4.78, 5) is 4.15. The van der Waals surface area contributed by atoms with Gasteiger partial charge in [0.25, 0.3) is 0 Å². The van der Waals surface area contributed by atoms with Gasteiger partial charge in [-0.25, -0.2) is 0 Å². The van der Waals surface area contributed by atoms with Crippen LogP contribution in [-0.4, -0.2) is 32.8 Å². The van der Waals surface area contributed by atoms with Crippen LogP contribution in [0, 0.1) is 0 Å². The van der Waals surface area contributed by atoms with Gasteiger partial charge in [0.2, 0.25) is 0 Å². The molecule has 1 unspecified atom stereocenters. The maximum Gasteiger partial charge on any atom is 0.189 e. The lowest BCUT2D eigenvalue weighted by Gasteiger charge is -2.12. The van der Waals surface area contributed by atoms with E-state index in [1.807, 2.05) is 24.3 Å². The van der Waals surface area contributed by atoms with Gasteiger partial charge in [0.1, 0.15) is 12.4 Å². The zero-order valence-electron chi connectivity index (χ0n) is 9.85. The topological polar surface area (TPSA) is 68.9 Å². The van der Waals surface area contributed by atoms with Gasteiger partial charge in [0, 0.05) is 12.7 Å². The van der Waals surface area contributed by atoms with Crippen LogP contribution in [-0.2, 0) is 4.74 Å². The molecule has 2 rings (SSSR count). The largest absolute Gasteiger partial charge is 0.491 e. The van der Waals surface area contributed by atoms with Crippen LogP contribution in [0.3, 0.4) is 0 Å². The van der Waals surface area contributed by atoms with E-state index < -0.39 is 0 Å². The molecule has 1 atom stereocenters. The molecule has 0 bridgehead atoms. The molecule has 0 aromatic heterocycles. The predicted molar refractivity (Wildman–Crippen MR) is 66.2 cm³/mol. The minimum atomic E-state index is 0.0810. The zero-order valence-corrected chi connectivity index (χ0v) is 9.85. The average Bonchev–Trinajstić information content (AvgIpc) is 2.73. The second-order valence-electron chi connectivity index (χ2n) is 3.81. The van der Waals surface area contributed by atoms with E-state index in [2.05, 4.69) is 10.3 Å². The van der Waals surface area contributed by atoms with Crippen LogP contribution in [0.1, 0.15) is 11.6 Å². The zero-order chi connectivity index (χ0) is 12.1.